The summed E-state index contributed by atoms with van der Waals surface area (Å²) in [7, 11) is 0. The van der Waals surface area contributed by atoms with Crippen LogP contribution in [0.25, 0.3) is 42.0 Å². The summed E-state index contributed by atoms with van der Waals surface area (Å²) >= 11 is 4.02. The van der Waals surface area contributed by atoms with Crippen molar-refractivity contribution in [2.24, 2.45) is 0 Å². The number of amides is 2. The molecule has 0 aliphatic heterocycles. The van der Waals surface area contributed by atoms with Crippen LogP contribution in [0.4, 0.5) is 10.3 Å². The van der Waals surface area contributed by atoms with E-state index in [-0.39, 0.29) is 11.8 Å². The monoisotopic (exact) mass is 536 g/mol. The Bertz CT molecular complexity index is 1860. The average Bonchev–Trinajstić information content (AvgIpc) is 3.66. The molecule has 2 N–H and O–H groups in total. The Labute approximate surface area is 222 Å². The summed E-state index contributed by atoms with van der Waals surface area (Å²) < 4.78 is 2.06. The number of carbonyl (C=O) groups is 2. The fourth-order valence-corrected chi connectivity index (χ4v) is 7.10. The van der Waals surface area contributed by atoms with Gasteiger partial charge in [0.1, 0.15) is 0 Å². The van der Waals surface area contributed by atoms with Crippen molar-refractivity contribution in [2.45, 2.75) is 0 Å². The van der Waals surface area contributed by atoms with E-state index in [9.17, 15) is 9.59 Å². The number of hydrogen-bond acceptors (Lipinski definition) is 7. The van der Waals surface area contributed by atoms with Gasteiger partial charge in [0.05, 0.1) is 30.2 Å². The molecule has 2 amide bonds. The molecule has 0 fully saturated rings. The molecule has 9 heteroatoms. The molecule has 178 valence electrons. The number of thiophene rings is 1. The standard InChI is InChI=1S/C28H16N4O2S3/c33-25(31-27-29-19-11-9-15-5-1-3-7-17(15)23(19)36-27)21-13-14-22(35-21)26(34)32-28-30-20-12-10-16-6-2-4-8-18(16)24(20)37-28/h1-14H,(H,29,31,33)(H,30,32,34). The van der Waals surface area contributed by atoms with E-state index in [1.807, 2.05) is 48.5 Å². The number of rotatable bonds is 4. The first-order valence-electron chi connectivity index (χ1n) is 11.4. The van der Waals surface area contributed by atoms with E-state index < -0.39 is 0 Å². The predicted octanol–water partition coefficient (Wildman–Crippen LogP) is 7.78. The van der Waals surface area contributed by atoms with E-state index in [0.29, 0.717) is 20.0 Å². The maximum Gasteiger partial charge on any atom is 0.267 e. The fraction of sp³-hybridized carbons (Fsp3) is 0. The van der Waals surface area contributed by atoms with E-state index in [1.54, 1.807) is 12.1 Å². The maximum absolute atomic E-state index is 12.9. The minimum Gasteiger partial charge on any atom is -0.297 e. The Morgan fingerprint density at radius 1 is 0.541 bits per heavy atom. The SMILES string of the molecule is O=C(Nc1nc2ccc3ccccc3c2s1)c1ccc(C(=O)Nc2nc3ccc4ccccc4c3s2)s1. The van der Waals surface area contributed by atoms with Crippen molar-refractivity contribution >= 4 is 98.1 Å². The second kappa shape index (κ2) is 8.74. The van der Waals surface area contributed by atoms with E-state index >= 15 is 0 Å². The van der Waals surface area contributed by atoms with Crippen LogP contribution in [-0.2, 0) is 0 Å². The normalized spacial score (nSPS) is 11.5. The molecule has 0 atom stereocenters. The van der Waals surface area contributed by atoms with Gasteiger partial charge in [0.2, 0.25) is 0 Å². The zero-order valence-corrected chi connectivity index (χ0v) is 21.5. The van der Waals surface area contributed by atoms with Crippen LogP contribution in [0.3, 0.4) is 0 Å². The number of nitrogens with zero attached hydrogens (tertiary/aromatic N) is 2. The third kappa shape index (κ3) is 3.93. The smallest absolute Gasteiger partial charge is 0.267 e. The lowest BCUT2D eigenvalue weighted by atomic mass is 10.1. The van der Waals surface area contributed by atoms with E-state index in [2.05, 4.69) is 44.9 Å². The second-order valence-corrected chi connectivity index (χ2v) is 11.5. The molecule has 0 radical (unpaired) electrons. The van der Waals surface area contributed by atoms with Gasteiger partial charge in [0.25, 0.3) is 11.8 Å². The fourth-order valence-electron chi connectivity index (χ4n) is 4.32. The molecule has 0 aliphatic rings. The Kier molecular flexibility index (Phi) is 5.21. The van der Waals surface area contributed by atoms with Crippen LogP contribution in [0.5, 0.6) is 0 Å². The highest BCUT2D eigenvalue weighted by atomic mass is 32.1. The first-order valence-corrected chi connectivity index (χ1v) is 13.9. The van der Waals surface area contributed by atoms with E-state index in [4.69, 9.17) is 0 Å². The van der Waals surface area contributed by atoms with Gasteiger partial charge in [-0.15, -0.1) is 11.3 Å². The number of hydrogen-bond donors (Lipinski definition) is 2. The van der Waals surface area contributed by atoms with Crippen molar-refractivity contribution in [3.8, 4) is 0 Å². The highest BCUT2D eigenvalue weighted by molar-refractivity contribution is 7.24. The molecule has 3 heterocycles. The molecule has 4 aromatic carbocycles. The van der Waals surface area contributed by atoms with E-state index in [0.717, 1.165) is 53.3 Å². The van der Waals surface area contributed by atoms with Crippen LogP contribution in [-0.4, -0.2) is 21.8 Å². The molecule has 0 aliphatic carbocycles. The summed E-state index contributed by atoms with van der Waals surface area (Å²) in [5, 5.41) is 11.3. The zero-order valence-electron chi connectivity index (χ0n) is 19.0. The number of benzene rings is 4. The van der Waals surface area contributed by atoms with Gasteiger partial charge in [-0.25, -0.2) is 9.97 Å². The van der Waals surface area contributed by atoms with Gasteiger partial charge in [0, 0.05) is 10.8 Å². The number of aromatic nitrogens is 2. The topological polar surface area (TPSA) is 84.0 Å². The Morgan fingerprint density at radius 2 is 1.00 bits per heavy atom. The van der Waals surface area contributed by atoms with Crippen molar-refractivity contribution in [3.63, 3.8) is 0 Å². The van der Waals surface area contributed by atoms with Crippen molar-refractivity contribution in [2.75, 3.05) is 10.6 Å². The number of carbonyl (C=O) groups excluding carboxylic acids is 2. The molecule has 7 rings (SSSR count). The van der Waals surface area contributed by atoms with Crippen molar-refractivity contribution < 1.29 is 9.59 Å². The molecule has 3 aromatic heterocycles. The number of thiazole rings is 2. The maximum atomic E-state index is 12.9. The van der Waals surface area contributed by atoms with Gasteiger partial charge >= 0.3 is 0 Å². The third-order valence-corrected chi connectivity index (χ3v) is 9.18. The van der Waals surface area contributed by atoms with Crippen molar-refractivity contribution in [3.05, 3.63) is 94.7 Å². The summed E-state index contributed by atoms with van der Waals surface area (Å²) in [6.07, 6.45) is 0. The van der Waals surface area contributed by atoms with Crippen LogP contribution in [0.2, 0.25) is 0 Å². The predicted molar refractivity (Wildman–Crippen MR) is 154 cm³/mol. The lowest BCUT2D eigenvalue weighted by Crippen LogP contribution is -2.10. The van der Waals surface area contributed by atoms with Gasteiger partial charge in [-0.3, -0.25) is 20.2 Å². The molecule has 0 unspecified atom stereocenters. The van der Waals surface area contributed by atoms with Crippen LogP contribution < -0.4 is 10.6 Å². The van der Waals surface area contributed by atoms with Gasteiger partial charge in [-0.2, -0.15) is 0 Å². The lowest BCUT2D eigenvalue weighted by molar-refractivity contribution is 0.102. The number of fused-ring (bicyclic) bond motifs is 6. The minimum atomic E-state index is -0.293. The Balaban J connectivity index is 1.10. The molecule has 0 saturated carbocycles. The molecule has 0 saturated heterocycles. The molecular formula is C28H16N4O2S3. The lowest BCUT2D eigenvalue weighted by Gasteiger charge is -1.99. The summed E-state index contributed by atoms with van der Waals surface area (Å²) in [6.45, 7) is 0. The van der Waals surface area contributed by atoms with Crippen LogP contribution in [0.1, 0.15) is 19.3 Å². The number of nitrogens with one attached hydrogen (secondary N) is 2. The molecule has 0 bridgehead atoms. The average molecular weight is 537 g/mol. The first-order chi connectivity index (χ1) is 18.1. The van der Waals surface area contributed by atoms with Crippen LogP contribution in [0.15, 0.2) is 84.9 Å². The Morgan fingerprint density at radius 3 is 1.49 bits per heavy atom. The summed E-state index contributed by atoms with van der Waals surface area (Å²) in [5.41, 5.74) is 1.68. The van der Waals surface area contributed by atoms with Gasteiger partial charge in [-0.1, -0.05) is 83.3 Å². The third-order valence-electron chi connectivity index (χ3n) is 6.05. The molecule has 7 aromatic rings. The molecular weight excluding hydrogens is 521 g/mol. The Hall–Kier alpha value is -4.18. The highest BCUT2D eigenvalue weighted by Gasteiger charge is 2.18. The second-order valence-electron chi connectivity index (χ2n) is 8.38. The summed E-state index contributed by atoms with van der Waals surface area (Å²) in [6, 6.07) is 27.5. The summed E-state index contributed by atoms with van der Waals surface area (Å²) in [5.74, 6) is -0.585. The quantitative estimate of drug-likeness (QED) is 0.241. The van der Waals surface area contributed by atoms with Gasteiger partial charge in [0.15, 0.2) is 10.3 Å². The largest absolute Gasteiger partial charge is 0.297 e. The number of anilines is 2. The van der Waals surface area contributed by atoms with Crippen molar-refractivity contribution in [1.82, 2.24) is 9.97 Å². The zero-order chi connectivity index (χ0) is 24.9. The van der Waals surface area contributed by atoms with Crippen LogP contribution in [0, 0.1) is 0 Å². The summed E-state index contributed by atoms with van der Waals surface area (Å²) in [4.78, 5) is 35.8. The first kappa shape index (κ1) is 22.1. The minimum absolute atomic E-state index is 0.293. The molecule has 37 heavy (non-hydrogen) atoms. The van der Waals surface area contributed by atoms with Gasteiger partial charge in [-0.05, 0) is 35.0 Å². The highest BCUT2D eigenvalue weighted by Crippen LogP contribution is 2.34. The molecule has 6 nitrogen and oxygen atoms in total. The molecule has 0 spiro atoms. The van der Waals surface area contributed by atoms with Crippen molar-refractivity contribution in [1.29, 1.82) is 0 Å². The van der Waals surface area contributed by atoms with Gasteiger partial charge < -0.3 is 0 Å². The van der Waals surface area contributed by atoms with Crippen LogP contribution >= 0.6 is 34.0 Å². The van der Waals surface area contributed by atoms with E-state index in [1.165, 1.54) is 22.7 Å².